The Hall–Kier alpha value is 0.0169. The Morgan fingerprint density at radius 3 is 1.67 bits per heavy atom. The maximum Gasteiger partial charge on any atom is 0.696 e. The summed E-state index contributed by atoms with van der Waals surface area (Å²) in [6, 6.07) is 0.192. The lowest BCUT2D eigenvalue weighted by Gasteiger charge is -2.23. The summed E-state index contributed by atoms with van der Waals surface area (Å²) in [5.74, 6) is 0. The van der Waals surface area contributed by atoms with Crippen LogP contribution in [0.4, 0.5) is 0 Å². The van der Waals surface area contributed by atoms with Crippen LogP contribution in [0.2, 0.25) is 0 Å². The molecule has 12 heavy (non-hydrogen) atoms. The second-order valence-electron chi connectivity index (χ2n) is 2.49. The van der Waals surface area contributed by atoms with Gasteiger partial charge in [-0.2, -0.15) is 0 Å². The van der Waals surface area contributed by atoms with Crippen LogP contribution in [0.25, 0.3) is 0 Å². The number of hydrogen-bond donors (Lipinski definition) is 1. The normalized spacial score (nSPS) is 12.5. The maximum absolute atomic E-state index is 5.16. The van der Waals surface area contributed by atoms with Crippen molar-refractivity contribution in [2.45, 2.75) is 19.9 Å². The quantitative estimate of drug-likeness (QED) is 0.487. The van der Waals surface area contributed by atoms with E-state index < -0.39 is 9.05 Å². The predicted molar refractivity (Wildman–Crippen MR) is 46.1 cm³/mol. The first kappa shape index (κ1) is 12.0. The first-order chi connectivity index (χ1) is 5.60. The second kappa shape index (κ2) is 5.63. The smallest absolute Gasteiger partial charge is 0.354 e. The zero-order chi connectivity index (χ0) is 9.61. The molecular formula is C6H17NO4Si. The van der Waals surface area contributed by atoms with Crippen molar-refractivity contribution in [3.63, 3.8) is 0 Å². The van der Waals surface area contributed by atoms with Crippen LogP contribution < -0.4 is 5.48 Å². The number of hydrogen-bond acceptors (Lipinski definition) is 5. The lowest BCUT2D eigenvalue weighted by Crippen LogP contribution is -2.51. The number of nitrogens with one attached hydrogen (secondary N) is 1. The van der Waals surface area contributed by atoms with Gasteiger partial charge in [0.2, 0.25) is 0 Å². The summed E-state index contributed by atoms with van der Waals surface area (Å²) >= 11 is 0. The molecule has 0 spiro atoms. The van der Waals surface area contributed by atoms with Crippen molar-refractivity contribution in [3.05, 3.63) is 0 Å². The van der Waals surface area contributed by atoms with Crippen LogP contribution in [0, 0.1) is 0 Å². The van der Waals surface area contributed by atoms with Gasteiger partial charge in [0, 0.05) is 27.4 Å². The summed E-state index contributed by atoms with van der Waals surface area (Å²) in [5.41, 5.74) is 2.73. The molecule has 0 aliphatic rings. The minimum absolute atomic E-state index is 0.192. The van der Waals surface area contributed by atoms with Crippen LogP contribution in [-0.2, 0) is 17.8 Å². The maximum atomic E-state index is 5.16. The molecule has 0 bridgehead atoms. The average molecular weight is 195 g/mol. The van der Waals surface area contributed by atoms with Gasteiger partial charge < -0.3 is 13.3 Å². The van der Waals surface area contributed by atoms with E-state index in [4.69, 9.17) is 17.8 Å². The fourth-order valence-electron chi connectivity index (χ4n) is 0.565. The molecule has 6 heteroatoms. The van der Waals surface area contributed by atoms with Gasteiger partial charge in [-0.15, -0.1) is 0 Å². The molecule has 0 amide bonds. The highest BCUT2D eigenvalue weighted by molar-refractivity contribution is 6.53. The Kier molecular flexibility index (Phi) is 5.63. The van der Waals surface area contributed by atoms with E-state index in [-0.39, 0.29) is 6.04 Å². The first-order valence-electron chi connectivity index (χ1n) is 3.69. The first-order valence-corrected chi connectivity index (χ1v) is 5.32. The van der Waals surface area contributed by atoms with E-state index >= 15 is 0 Å². The molecule has 5 nitrogen and oxygen atoms in total. The molecule has 74 valence electrons. The number of rotatable bonds is 6. The van der Waals surface area contributed by atoms with Crippen molar-refractivity contribution in [2.24, 2.45) is 0 Å². The van der Waals surface area contributed by atoms with Gasteiger partial charge in [0.05, 0.1) is 0 Å². The van der Waals surface area contributed by atoms with Gasteiger partial charge in [-0.25, -0.2) is 5.48 Å². The van der Waals surface area contributed by atoms with E-state index in [0.717, 1.165) is 0 Å². The molecule has 0 aromatic carbocycles. The van der Waals surface area contributed by atoms with Crippen molar-refractivity contribution >= 4 is 9.05 Å². The summed E-state index contributed by atoms with van der Waals surface area (Å²) in [5, 5.41) is 0. The minimum atomic E-state index is -2.89. The lowest BCUT2D eigenvalue weighted by molar-refractivity contribution is -0.0362. The summed E-state index contributed by atoms with van der Waals surface area (Å²) in [6.07, 6.45) is 0. The van der Waals surface area contributed by atoms with Crippen LogP contribution in [0.15, 0.2) is 0 Å². The van der Waals surface area contributed by atoms with Gasteiger partial charge in [0.25, 0.3) is 0 Å². The minimum Gasteiger partial charge on any atom is -0.354 e. The summed E-state index contributed by atoms with van der Waals surface area (Å²) < 4.78 is 20.2. The highest BCUT2D eigenvalue weighted by atomic mass is 28.4. The molecule has 0 atom stereocenters. The zero-order valence-corrected chi connectivity index (χ0v) is 9.21. The fourth-order valence-corrected chi connectivity index (χ4v) is 1.70. The Bertz CT molecular complexity index is 110. The van der Waals surface area contributed by atoms with Crippen molar-refractivity contribution in [1.82, 2.24) is 5.48 Å². The van der Waals surface area contributed by atoms with Crippen molar-refractivity contribution in [3.8, 4) is 0 Å². The molecule has 0 aliphatic carbocycles. The van der Waals surface area contributed by atoms with Crippen molar-refractivity contribution < 1.29 is 17.8 Å². The lowest BCUT2D eigenvalue weighted by atomic mass is 10.4. The summed E-state index contributed by atoms with van der Waals surface area (Å²) in [7, 11) is 1.57. The topological polar surface area (TPSA) is 49.0 Å². The summed E-state index contributed by atoms with van der Waals surface area (Å²) in [4.78, 5) is 0. The van der Waals surface area contributed by atoms with E-state index in [1.165, 1.54) is 21.3 Å². The molecule has 0 rings (SSSR count). The van der Waals surface area contributed by atoms with Crippen LogP contribution >= 0.6 is 0 Å². The molecule has 0 saturated heterocycles. The molecule has 0 aromatic heterocycles. The van der Waals surface area contributed by atoms with E-state index in [2.05, 4.69) is 5.48 Å². The Balaban J connectivity index is 3.93. The average Bonchev–Trinajstić information content (AvgIpc) is 2.08. The second-order valence-corrected chi connectivity index (χ2v) is 4.92. The highest BCUT2D eigenvalue weighted by Crippen LogP contribution is 2.05. The van der Waals surface area contributed by atoms with Crippen molar-refractivity contribution in [2.75, 3.05) is 21.3 Å². The Labute approximate surface area is 74.4 Å². The Morgan fingerprint density at radius 2 is 1.42 bits per heavy atom. The van der Waals surface area contributed by atoms with E-state index in [1.807, 2.05) is 13.8 Å². The molecule has 0 saturated carbocycles. The van der Waals surface area contributed by atoms with Gasteiger partial charge in [-0.05, 0) is 13.8 Å². The van der Waals surface area contributed by atoms with Crippen LogP contribution in [0.3, 0.4) is 0 Å². The van der Waals surface area contributed by atoms with Crippen LogP contribution in [0.5, 0.6) is 0 Å². The summed E-state index contributed by atoms with van der Waals surface area (Å²) in [6.45, 7) is 3.89. The Morgan fingerprint density at radius 1 is 1.00 bits per heavy atom. The van der Waals surface area contributed by atoms with E-state index in [1.54, 1.807) is 0 Å². The SMILES string of the molecule is CO[Si](OC)(OC)ONC(C)C. The van der Waals surface area contributed by atoms with Gasteiger partial charge in [-0.3, -0.25) is 4.53 Å². The predicted octanol–water partition coefficient (Wildman–Crippen LogP) is 0.291. The van der Waals surface area contributed by atoms with Crippen LogP contribution in [0.1, 0.15) is 13.8 Å². The van der Waals surface area contributed by atoms with Crippen LogP contribution in [-0.4, -0.2) is 36.4 Å². The third kappa shape index (κ3) is 3.61. The molecule has 1 N–H and O–H groups in total. The highest BCUT2D eigenvalue weighted by Gasteiger charge is 2.43. The monoisotopic (exact) mass is 195 g/mol. The third-order valence-electron chi connectivity index (χ3n) is 1.17. The van der Waals surface area contributed by atoms with Gasteiger partial charge in [0.1, 0.15) is 0 Å². The molecule has 0 unspecified atom stereocenters. The largest absolute Gasteiger partial charge is 0.696 e. The molecular weight excluding hydrogens is 178 g/mol. The molecule has 0 fully saturated rings. The fraction of sp³-hybridized carbons (Fsp3) is 1.00. The van der Waals surface area contributed by atoms with E-state index in [9.17, 15) is 0 Å². The molecule has 0 aromatic rings. The van der Waals surface area contributed by atoms with E-state index in [0.29, 0.717) is 0 Å². The van der Waals surface area contributed by atoms with Crippen molar-refractivity contribution in [1.29, 1.82) is 0 Å². The molecule has 0 aliphatic heterocycles. The van der Waals surface area contributed by atoms with Gasteiger partial charge >= 0.3 is 9.05 Å². The van der Waals surface area contributed by atoms with Gasteiger partial charge in [-0.1, -0.05) is 0 Å². The standard InChI is InChI=1S/C6H17NO4Si/c1-6(2)7-11-12(8-3,9-4)10-5/h6-7H,1-5H3. The molecule has 0 radical (unpaired) electrons. The van der Waals surface area contributed by atoms with Gasteiger partial charge in [0.15, 0.2) is 0 Å². The third-order valence-corrected chi connectivity index (χ3v) is 3.04. The zero-order valence-electron chi connectivity index (χ0n) is 8.21. The molecule has 0 heterocycles. The number of hydroxylamine groups is 1.